The molecule has 1 N–H and O–H groups in total. The summed E-state index contributed by atoms with van der Waals surface area (Å²) >= 11 is 0. The van der Waals surface area contributed by atoms with E-state index in [9.17, 15) is 14.0 Å². The minimum absolute atomic E-state index is 0.153. The molecule has 4 rings (SSSR count). The molecule has 1 atom stereocenters. The number of piperazine rings is 1. The van der Waals surface area contributed by atoms with Gasteiger partial charge in [-0.1, -0.05) is 30.3 Å². The van der Waals surface area contributed by atoms with Gasteiger partial charge in [-0.2, -0.15) is 0 Å². The molecule has 0 unspecified atom stereocenters. The molecule has 1 saturated heterocycles. The van der Waals surface area contributed by atoms with Crippen LogP contribution in [0.2, 0.25) is 0 Å². The van der Waals surface area contributed by atoms with E-state index in [0.717, 1.165) is 18.4 Å². The number of carbonyl (C=O) groups excluding carboxylic acids is 2. The highest BCUT2D eigenvalue weighted by molar-refractivity contribution is 5.95. The molecular formula is C22H24FN3O2. The number of hydrogen-bond donors (Lipinski definition) is 1. The van der Waals surface area contributed by atoms with Gasteiger partial charge in [0.05, 0.1) is 0 Å². The average Bonchev–Trinajstić information content (AvgIpc) is 3.56. The van der Waals surface area contributed by atoms with E-state index < -0.39 is 6.04 Å². The number of carbonyl (C=O) groups is 2. The Morgan fingerprint density at radius 3 is 2.18 bits per heavy atom. The lowest BCUT2D eigenvalue weighted by atomic mass is 10.0. The number of anilines is 1. The quantitative estimate of drug-likeness (QED) is 0.866. The van der Waals surface area contributed by atoms with E-state index in [4.69, 9.17) is 0 Å². The predicted octanol–water partition coefficient (Wildman–Crippen LogP) is 3.06. The molecule has 1 saturated carbocycles. The number of hydrogen-bond acceptors (Lipinski definition) is 3. The number of nitrogens with zero attached hydrogens (tertiary/aromatic N) is 2. The molecule has 1 heterocycles. The normalized spacial score (nSPS) is 18.5. The molecule has 2 aliphatic rings. The van der Waals surface area contributed by atoms with E-state index >= 15 is 0 Å². The van der Waals surface area contributed by atoms with Crippen LogP contribution >= 0.6 is 0 Å². The summed E-state index contributed by atoms with van der Waals surface area (Å²) in [5.41, 5.74) is 1.47. The van der Waals surface area contributed by atoms with E-state index in [0.29, 0.717) is 31.9 Å². The fourth-order valence-corrected chi connectivity index (χ4v) is 3.70. The third-order valence-corrected chi connectivity index (χ3v) is 5.39. The van der Waals surface area contributed by atoms with Crippen molar-refractivity contribution in [1.82, 2.24) is 9.80 Å². The van der Waals surface area contributed by atoms with Crippen LogP contribution in [0.1, 0.15) is 24.4 Å². The maximum atomic E-state index is 13.1. The molecule has 0 aromatic heterocycles. The van der Waals surface area contributed by atoms with E-state index in [1.165, 1.54) is 12.1 Å². The summed E-state index contributed by atoms with van der Waals surface area (Å²) in [7, 11) is 0. The van der Waals surface area contributed by atoms with Crippen LogP contribution < -0.4 is 5.32 Å². The predicted molar refractivity (Wildman–Crippen MR) is 105 cm³/mol. The fourth-order valence-electron chi connectivity index (χ4n) is 3.70. The average molecular weight is 381 g/mol. The monoisotopic (exact) mass is 381 g/mol. The van der Waals surface area contributed by atoms with Crippen LogP contribution in [-0.4, -0.2) is 47.8 Å². The van der Waals surface area contributed by atoms with Crippen LogP contribution in [0.3, 0.4) is 0 Å². The first-order valence-corrected chi connectivity index (χ1v) is 9.76. The minimum atomic E-state index is -0.454. The molecule has 0 spiro atoms. The Morgan fingerprint density at radius 1 is 0.929 bits per heavy atom. The van der Waals surface area contributed by atoms with Crippen molar-refractivity contribution in [2.75, 3.05) is 31.5 Å². The topological polar surface area (TPSA) is 52.7 Å². The maximum absolute atomic E-state index is 13.1. The third-order valence-electron chi connectivity index (χ3n) is 5.39. The van der Waals surface area contributed by atoms with Gasteiger partial charge in [0.25, 0.3) is 0 Å². The maximum Gasteiger partial charge on any atom is 0.246 e. The van der Waals surface area contributed by atoms with Crippen LogP contribution in [0.25, 0.3) is 0 Å². The molecule has 5 nitrogen and oxygen atoms in total. The minimum Gasteiger partial charge on any atom is -0.340 e. The lowest BCUT2D eigenvalue weighted by molar-refractivity contribution is -0.135. The Labute approximate surface area is 164 Å². The van der Waals surface area contributed by atoms with Gasteiger partial charge in [0, 0.05) is 37.8 Å². The van der Waals surface area contributed by atoms with Crippen molar-refractivity contribution >= 4 is 17.5 Å². The van der Waals surface area contributed by atoms with Crippen molar-refractivity contribution < 1.29 is 14.0 Å². The zero-order chi connectivity index (χ0) is 19.5. The van der Waals surface area contributed by atoms with Gasteiger partial charge in [-0.25, -0.2) is 4.39 Å². The Balaban J connectivity index is 1.48. The summed E-state index contributed by atoms with van der Waals surface area (Å²) < 4.78 is 13.1. The summed E-state index contributed by atoms with van der Waals surface area (Å²) in [6, 6.07) is 15.0. The molecule has 1 aliphatic heterocycles. The van der Waals surface area contributed by atoms with Gasteiger partial charge in [-0.15, -0.1) is 0 Å². The summed E-state index contributed by atoms with van der Waals surface area (Å²) in [6.45, 7) is 2.58. The van der Waals surface area contributed by atoms with Crippen molar-refractivity contribution in [3.63, 3.8) is 0 Å². The highest BCUT2D eigenvalue weighted by atomic mass is 19.1. The molecule has 2 fully saturated rings. The third kappa shape index (κ3) is 4.22. The van der Waals surface area contributed by atoms with E-state index in [-0.39, 0.29) is 23.5 Å². The van der Waals surface area contributed by atoms with Gasteiger partial charge < -0.3 is 10.2 Å². The zero-order valence-electron chi connectivity index (χ0n) is 15.7. The molecule has 146 valence electrons. The number of rotatable bonds is 5. The van der Waals surface area contributed by atoms with Crippen molar-refractivity contribution in [3.8, 4) is 0 Å². The van der Waals surface area contributed by atoms with Crippen molar-refractivity contribution in [2.24, 2.45) is 5.92 Å². The summed E-state index contributed by atoms with van der Waals surface area (Å²) in [6.07, 6.45) is 2.01. The molecule has 0 bridgehead atoms. The lowest BCUT2D eigenvalue weighted by Gasteiger charge is -2.39. The Kier molecular flexibility index (Phi) is 5.39. The second kappa shape index (κ2) is 8.10. The van der Waals surface area contributed by atoms with Gasteiger partial charge in [0.1, 0.15) is 11.9 Å². The number of halogens is 1. The Bertz CT molecular complexity index is 829. The Morgan fingerprint density at radius 2 is 1.57 bits per heavy atom. The van der Waals surface area contributed by atoms with Gasteiger partial charge in [-0.05, 0) is 42.7 Å². The highest BCUT2D eigenvalue weighted by Crippen LogP contribution is 2.32. The SMILES string of the molecule is O=C(Nc1ccc(F)cc1)[C@H](c1ccccc1)N1CCN(C(=O)C2CC2)CC1. The fraction of sp³-hybridized carbons (Fsp3) is 0.364. The molecule has 2 amide bonds. The van der Waals surface area contributed by atoms with Crippen molar-refractivity contribution in [1.29, 1.82) is 0 Å². The largest absolute Gasteiger partial charge is 0.340 e. The summed E-state index contributed by atoms with van der Waals surface area (Å²) in [4.78, 5) is 29.5. The van der Waals surface area contributed by atoms with Crippen LogP contribution in [0.4, 0.5) is 10.1 Å². The smallest absolute Gasteiger partial charge is 0.246 e. The highest BCUT2D eigenvalue weighted by Gasteiger charge is 2.36. The van der Waals surface area contributed by atoms with Gasteiger partial charge >= 0.3 is 0 Å². The van der Waals surface area contributed by atoms with Gasteiger partial charge in [0.15, 0.2) is 0 Å². The molecule has 0 radical (unpaired) electrons. The van der Waals surface area contributed by atoms with E-state index in [1.54, 1.807) is 12.1 Å². The van der Waals surface area contributed by atoms with Gasteiger partial charge in [0.2, 0.25) is 11.8 Å². The first kappa shape index (κ1) is 18.6. The summed E-state index contributed by atoms with van der Waals surface area (Å²) in [5, 5.41) is 2.90. The molecule has 2 aromatic rings. The van der Waals surface area contributed by atoms with Crippen molar-refractivity contribution in [3.05, 3.63) is 66.0 Å². The molecule has 28 heavy (non-hydrogen) atoms. The number of benzene rings is 2. The Hall–Kier alpha value is -2.73. The van der Waals surface area contributed by atoms with E-state index in [1.807, 2.05) is 35.2 Å². The van der Waals surface area contributed by atoms with Crippen LogP contribution in [0, 0.1) is 11.7 Å². The zero-order valence-corrected chi connectivity index (χ0v) is 15.7. The molecule has 1 aliphatic carbocycles. The van der Waals surface area contributed by atoms with Crippen molar-refractivity contribution in [2.45, 2.75) is 18.9 Å². The van der Waals surface area contributed by atoms with Gasteiger partial charge in [-0.3, -0.25) is 14.5 Å². The second-order valence-corrected chi connectivity index (χ2v) is 7.44. The summed E-state index contributed by atoms with van der Waals surface area (Å²) in [5.74, 6) is -0.0150. The van der Waals surface area contributed by atoms with E-state index in [2.05, 4.69) is 10.2 Å². The lowest BCUT2D eigenvalue weighted by Crippen LogP contribution is -2.52. The first-order chi connectivity index (χ1) is 13.6. The molecule has 6 heteroatoms. The van der Waals surface area contributed by atoms with Crippen LogP contribution in [0.15, 0.2) is 54.6 Å². The number of amides is 2. The first-order valence-electron chi connectivity index (χ1n) is 9.76. The number of nitrogens with one attached hydrogen (secondary N) is 1. The molecular weight excluding hydrogens is 357 g/mol. The van der Waals surface area contributed by atoms with Crippen LogP contribution in [-0.2, 0) is 9.59 Å². The van der Waals surface area contributed by atoms with Crippen LogP contribution in [0.5, 0.6) is 0 Å². The second-order valence-electron chi connectivity index (χ2n) is 7.44. The standard InChI is InChI=1S/C22H24FN3O2/c23-18-8-10-19(11-9-18)24-21(27)20(16-4-2-1-3-5-16)25-12-14-26(15-13-25)22(28)17-6-7-17/h1-5,8-11,17,20H,6-7,12-15H2,(H,24,27)/t20-/m0/s1. The molecule has 2 aromatic carbocycles.